The van der Waals surface area contributed by atoms with Gasteiger partial charge in [-0.2, -0.15) is 0 Å². The Labute approximate surface area is 127 Å². The van der Waals surface area contributed by atoms with Gasteiger partial charge >= 0.3 is 0 Å². The predicted octanol–water partition coefficient (Wildman–Crippen LogP) is 1.28. The summed E-state index contributed by atoms with van der Waals surface area (Å²) in [6.07, 6.45) is 5.74. The molecule has 2 N–H and O–H groups in total. The van der Waals surface area contributed by atoms with Crippen molar-refractivity contribution < 1.29 is 9.59 Å². The molecule has 0 bridgehead atoms. The first-order chi connectivity index (χ1) is 10.1. The summed E-state index contributed by atoms with van der Waals surface area (Å²) in [5.74, 6) is 0.458. The zero-order valence-corrected chi connectivity index (χ0v) is 13.4. The lowest BCUT2D eigenvalue weighted by molar-refractivity contribution is -0.135. The highest BCUT2D eigenvalue weighted by Gasteiger charge is 2.25. The molecule has 2 fully saturated rings. The minimum atomic E-state index is 0.0649. The van der Waals surface area contributed by atoms with Crippen molar-refractivity contribution in [2.75, 3.05) is 19.6 Å². The van der Waals surface area contributed by atoms with Gasteiger partial charge in [-0.25, -0.2) is 0 Å². The standard InChI is InChI=1S/C16H29N3O2/c1-12(2)16(21)19-10-7-14(8-11-19)18-15(20)6-5-13-4-3-9-17-13/h12-14,17H,3-11H2,1-2H3,(H,18,20). The van der Waals surface area contributed by atoms with E-state index in [4.69, 9.17) is 0 Å². The zero-order valence-electron chi connectivity index (χ0n) is 13.4. The van der Waals surface area contributed by atoms with E-state index in [-0.39, 0.29) is 23.8 Å². The minimum absolute atomic E-state index is 0.0649. The lowest BCUT2D eigenvalue weighted by Gasteiger charge is -2.33. The third kappa shape index (κ3) is 4.99. The number of rotatable bonds is 5. The van der Waals surface area contributed by atoms with Crippen LogP contribution in [0.3, 0.4) is 0 Å². The van der Waals surface area contributed by atoms with Crippen LogP contribution in [0.15, 0.2) is 0 Å². The molecule has 1 unspecified atom stereocenters. The molecule has 0 radical (unpaired) electrons. The summed E-state index contributed by atoms with van der Waals surface area (Å²) < 4.78 is 0. The SMILES string of the molecule is CC(C)C(=O)N1CCC(NC(=O)CCC2CCCN2)CC1. The molecular weight excluding hydrogens is 266 g/mol. The molecule has 120 valence electrons. The Kier molecular flexibility index (Phi) is 6.03. The Morgan fingerprint density at radius 1 is 1.24 bits per heavy atom. The van der Waals surface area contributed by atoms with Crippen LogP contribution < -0.4 is 10.6 Å². The van der Waals surface area contributed by atoms with E-state index >= 15 is 0 Å². The van der Waals surface area contributed by atoms with Crippen LogP contribution in [-0.4, -0.2) is 48.4 Å². The average Bonchev–Trinajstić information content (AvgIpc) is 2.98. The fourth-order valence-corrected chi connectivity index (χ4v) is 3.22. The summed E-state index contributed by atoms with van der Waals surface area (Å²) in [5.41, 5.74) is 0. The minimum Gasteiger partial charge on any atom is -0.353 e. The van der Waals surface area contributed by atoms with Crippen molar-refractivity contribution in [2.24, 2.45) is 5.92 Å². The van der Waals surface area contributed by atoms with Crippen LogP contribution in [0.5, 0.6) is 0 Å². The lowest BCUT2D eigenvalue weighted by atomic mass is 10.0. The molecule has 2 rings (SSSR count). The molecule has 5 heteroatoms. The smallest absolute Gasteiger partial charge is 0.225 e. The van der Waals surface area contributed by atoms with Crippen molar-refractivity contribution in [3.8, 4) is 0 Å². The molecule has 5 nitrogen and oxygen atoms in total. The third-order valence-corrected chi connectivity index (χ3v) is 4.55. The van der Waals surface area contributed by atoms with E-state index < -0.39 is 0 Å². The summed E-state index contributed by atoms with van der Waals surface area (Å²) in [5, 5.41) is 6.55. The molecule has 2 saturated heterocycles. The number of piperidine rings is 1. The number of carbonyl (C=O) groups excluding carboxylic acids is 2. The van der Waals surface area contributed by atoms with Crippen LogP contribution in [0.4, 0.5) is 0 Å². The summed E-state index contributed by atoms with van der Waals surface area (Å²) in [6.45, 7) is 6.51. The highest BCUT2D eigenvalue weighted by atomic mass is 16.2. The number of nitrogens with zero attached hydrogens (tertiary/aromatic N) is 1. The van der Waals surface area contributed by atoms with Gasteiger partial charge in [0, 0.05) is 37.5 Å². The van der Waals surface area contributed by atoms with Crippen molar-refractivity contribution in [1.82, 2.24) is 15.5 Å². The maximum atomic E-state index is 12.0. The van der Waals surface area contributed by atoms with Crippen LogP contribution in [-0.2, 0) is 9.59 Å². The second-order valence-corrected chi connectivity index (χ2v) is 6.65. The van der Waals surface area contributed by atoms with Gasteiger partial charge in [0.05, 0.1) is 0 Å². The van der Waals surface area contributed by atoms with E-state index in [2.05, 4.69) is 10.6 Å². The molecule has 21 heavy (non-hydrogen) atoms. The Morgan fingerprint density at radius 2 is 1.95 bits per heavy atom. The van der Waals surface area contributed by atoms with E-state index in [9.17, 15) is 9.59 Å². The van der Waals surface area contributed by atoms with E-state index in [0.29, 0.717) is 12.5 Å². The van der Waals surface area contributed by atoms with Crippen molar-refractivity contribution in [2.45, 2.75) is 64.5 Å². The maximum absolute atomic E-state index is 12.0. The zero-order chi connectivity index (χ0) is 15.2. The van der Waals surface area contributed by atoms with E-state index in [1.54, 1.807) is 0 Å². The van der Waals surface area contributed by atoms with Crippen LogP contribution >= 0.6 is 0 Å². The van der Waals surface area contributed by atoms with Crippen molar-refractivity contribution in [3.05, 3.63) is 0 Å². The average molecular weight is 295 g/mol. The van der Waals surface area contributed by atoms with Crippen LogP contribution in [0.1, 0.15) is 52.4 Å². The quantitative estimate of drug-likeness (QED) is 0.803. The monoisotopic (exact) mass is 295 g/mol. The van der Waals surface area contributed by atoms with Crippen LogP contribution in [0.25, 0.3) is 0 Å². The van der Waals surface area contributed by atoms with Crippen molar-refractivity contribution in [1.29, 1.82) is 0 Å². The number of likely N-dealkylation sites (tertiary alicyclic amines) is 1. The van der Waals surface area contributed by atoms with Crippen LogP contribution in [0.2, 0.25) is 0 Å². The normalized spacial score (nSPS) is 23.6. The summed E-state index contributed by atoms with van der Waals surface area (Å²) in [4.78, 5) is 25.8. The molecule has 2 amide bonds. The van der Waals surface area contributed by atoms with E-state index in [0.717, 1.165) is 38.9 Å². The Morgan fingerprint density at radius 3 is 2.52 bits per heavy atom. The van der Waals surface area contributed by atoms with Gasteiger partial charge in [0.15, 0.2) is 0 Å². The fraction of sp³-hybridized carbons (Fsp3) is 0.875. The molecule has 1 atom stereocenters. The number of hydrogen-bond acceptors (Lipinski definition) is 3. The van der Waals surface area contributed by atoms with Gasteiger partial charge in [-0.15, -0.1) is 0 Å². The molecule has 0 aromatic heterocycles. The van der Waals surface area contributed by atoms with E-state index in [1.165, 1.54) is 12.8 Å². The number of nitrogens with one attached hydrogen (secondary N) is 2. The van der Waals surface area contributed by atoms with Gasteiger partial charge in [0.25, 0.3) is 0 Å². The summed E-state index contributed by atoms with van der Waals surface area (Å²) in [6, 6.07) is 0.770. The molecule has 0 saturated carbocycles. The Bertz CT molecular complexity index is 357. The summed E-state index contributed by atoms with van der Waals surface area (Å²) >= 11 is 0. The van der Waals surface area contributed by atoms with Gasteiger partial charge in [-0.1, -0.05) is 13.8 Å². The van der Waals surface area contributed by atoms with Crippen molar-refractivity contribution >= 4 is 11.8 Å². The first-order valence-electron chi connectivity index (χ1n) is 8.38. The highest BCUT2D eigenvalue weighted by Crippen LogP contribution is 2.14. The largest absolute Gasteiger partial charge is 0.353 e. The Balaban J connectivity index is 1.63. The van der Waals surface area contributed by atoms with Crippen LogP contribution in [0, 0.1) is 5.92 Å². The Hall–Kier alpha value is -1.10. The maximum Gasteiger partial charge on any atom is 0.225 e. The molecule has 0 spiro atoms. The van der Waals surface area contributed by atoms with Gasteiger partial charge in [-0.3, -0.25) is 9.59 Å². The number of amides is 2. The molecule has 0 aliphatic carbocycles. The molecule has 0 aromatic carbocycles. The molecular formula is C16H29N3O2. The fourth-order valence-electron chi connectivity index (χ4n) is 3.22. The molecule has 2 aliphatic heterocycles. The summed E-state index contributed by atoms with van der Waals surface area (Å²) in [7, 11) is 0. The predicted molar refractivity (Wildman–Crippen MR) is 82.8 cm³/mol. The number of carbonyl (C=O) groups is 2. The second kappa shape index (κ2) is 7.78. The molecule has 2 aliphatic rings. The van der Waals surface area contributed by atoms with Crippen molar-refractivity contribution in [3.63, 3.8) is 0 Å². The van der Waals surface area contributed by atoms with Gasteiger partial charge in [0.1, 0.15) is 0 Å². The number of hydrogen-bond donors (Lipinski definition) is 2. The molecule has 0 aromatic rings. The van der Waals surface area contributed by atoms with E-state index in [1.807, 2.05) is 18.7 Å². The van der Waals surface area contributed by atoms with Gasteiger partial charge < -0.3 is 15.5 Å². The lowest BCUT2D eigenvalue weighted by Crippen LogP contribution is -2.47. The van der Waals surface area contributed by atoms with Gasteiger partial charge in [0.2, 0.25) is 11.8 Å². The first kappa shape index (κ1) is 16.3. The second-order valence-electron chi connectivity index (χ2n) is 6.65. The highest BCUT2D eigenvalue weighted by molar-refractivity contribution is 5.78. The third-order valence-electron chi connectivity index (χ3n) is 4.55. The van der Waals surface area contributed by atoms with Gasteiger partial charge in [-0.05, 0) is 38.6 Å². The first-order valence-corrected chi connectivity index (χ1v) is 8.38. The topological polar surface area (TPSA) is 61.4 Å². The molecule has 2 heterocycles.